The Morgan fingerprint density at radius 1 is 1.18 bits per heavy atom. The summed E-state index contributed by atoms with van der Waals surface area (Å²) >= 11 is 0. The van der Waals surface area contributed by atoms with Gasteiger partial charge in [-0.05, 0) is 62.9 Å². The first kappa shape index (κ1) is 32.7. The molecule has 4 aromatic rings. The molecule has 4 N–H and O–H groups in total. The Morgan fingerprint density at radius 2 is 1.90 bits per heavy atom. The van der Waals surface area contributed by atoms with Crippen LogP contribution in [0.4, 0.5) is 26.3 Å². The molecule has 2 amide bonds. The predicted molar refractivity (Wildman–Crippen MR) is 160 cm³/mol. The largest absolute Gasteiger partial charge is 0.494 e. The van der Waals surface area contributed by atoms with E-state index in [4.69, 9.17) is 15.2 Å². The lowest BCUT2D eigenvalue weighted by atomic mass is 9.80. The molecule has 10 nitrogen and oxygen atoms in total. The molecule has 1 unspecified atom stereocenters. The highest BCUT2D eigenvalue weighted by Crippen LogP contribution is 2.55. The van der Waals surface area contributed by atoms with Crippen LogP contribution in [0, 0.1) is 11.6 Å². The number of carbonyl (C=O) groups excluding carboxylic acids is 2. The van der Waals surface area contributed by atoms with Crippen molar-refractivity contribution >= 4 is 22.7 Å². The van der Waals surface area contributed by atoms with Crippen molar-refractivity contribution in [1.29, 1.82) is 0 Å². The second kappa shape index (κ2) is 10.8. The third kappa shape index (κ3) is 5.14. The summed E-state index contributed by atoms with van der Waals surface area (Å²) < 4.78 is 99.9. The number of nitrogens with zero attached hydrogens (tertiary/aromatic N) is 3. The van der Waals surface area contributed by atoms with Gasteiger partial charge in [-0.25, -0.2) is 18.2 Å². The van der Waals surface area contributed by atoms with Gasteiger partial charge in [-0.3, -0.25) is 14.3 Å². The summed E-state index contributed by atoms with van der Waals surface area (Å²) in [6, 6.07) is 5.41. The van der Waals surface area contributed by atoms with Crippen LogP contribution in [0.5, 0.6) is 11.5 Å². The van der Waals surface area contributed by atoms with Crippen molar-refractivity contribution in [2.24, 2.45) is 5.73 Å². The summed E-state index contributed by atoms with van der Waals surface area (Å²) in [5, 5.41) is 19.7. The number of nitrogens with two attached hydrogens (primary N) is 1. The number of pyridine rings is 1. The average molecular weight is 690 g/mol. The van der Waals surface area contributed by atoms with Crippen molar-refractivity contribution in [2.75, 3.05) is 20.3 Å². The molecular weight excluding hydrogens is 660 g/mol. The normalized spacial score (nSPS) is 20.8. The van der Waals surface area contributed by atoms with E-state index >= 15 is 8.78 Å². The van der Waals surface area contributed by atoms with Gasteiger partial charge in [-0.1, -0.05) is 0 Å². The number of ether oxygens (including phenoxy) is 2. The number of halogens is 6. The topological polar surface area (TPSA) is 142 Å². The van der Waals surface area contributed by atoms with Gasteiger partial charge in [0.05, 0.1) is 25.4 Å². The maximum absolute atomic E-state index is 16.2. The molecule has 2 fully saturated rings. The van der Waals surface area contributed by atoms with Gasteiger partial charge in [-0.2, -0.15) is 18.3 Å². The highest BCUT2D eigenvalue weighted by molar-refractivity contribution is 6.00. The minimum atomic E-state index is -5.45. The fourth-order valence-electron chi connectivity index (χ4n) is 6.22. The highest BCUT2D eigenvalue weighted by Gasteiger charge is 2.62. The number of carbonyl (C=O) groups is 2. The van der Waals surface area contributed by atoms with E-state index in [1.54, 1.807) is 16.9 Å². The Morgan fingerprint density at radius 3 is 2.51 bits per heavy atom. The molecule has 3 heterocycles. The lowest BCUT2D eigenvalue weighted by Crippen LogP contribution is -2.49. The average Bonchev–Trinajstić information content (AvgIpc) is 3.96. The summed E-state index contributed by atoms with van der Waals surface area (Å²) in [5.74, 6) is -5.67. The fraction of sp³-hybridized carbons (Fsp3) is 0.394. The number of hydrogen-bond acceptors (Lipinski definition) is 7. The Labute approximate surface area is 274 Å². The van der Waals surface area contributed by atoms with E-state index in [1.807, 2.05) is 0 Å². The molecule has 3 aliphatic rings. The van der Waals surface area contributed by atoms with Gasteiger partial charge in [0.25, 0.3) is 5.91 Å². The van der Waals surface area contributed by atoms with Gasteiger partial charge in [0.1, 0.15) is 57.6 Å². The monoisotopic (exact) mass is 689 g/mol. The Hall–Kier alpha value is -4.86. The van der Waals surface area contributed by atoms with Crippen LogP contribution in [0.1, 0.15) is 65.8 Å². The molecule has 258 valence electrons. The van der Waals surface area contributed by atoms with Crippen molar-refractivity contribution in [1.82, 2.24) is 20.1 Å². The molecule has 2 saturated carbocycles. The number of amides is 2. The Balaban J connectivity index is 1.32. The van der Waals surface area contributed by atoms with Crippen LogP contribution in [-0.4, -0.2) is 57.6 Å². The smallest absolute Gasteiger partial charge is 0.422 e. The first-order chi connectivity index (χ1) is 23.0. The Bertz CT molecular complexity index is 2060. The third-order valence-electron chi connectivity index (χ3n) is 9.60. The molecular formula is C33H29F6N5O5. The zero-order chi connectivity index (χ0) is 35.3. The number of hydrogen-bond donors (Lipinski definition) is 3. The minimum absolute atomic E-state index is 0.0936. The zero-order valence-electron chi connectivity index (χ0n) is 26.1. The number of fused-ring (bicyclic) bond motifs is 2. The summed E-state index contributed by atoms with van der Waals surface area (Å²) in [6.45, 7) is 0.0976. The molecule has 2 aromatic carbocycles. The molecule has 0 bridgehead atoms. The maximum Gasteiger partial charge on any atom is 0.422 e. The van der Waals surface area contributed by atoms with Crippen molar-refractivity contribution in [3.63, 3.8) is 0 Å². The van der Waals surface area contributed by atoms with Crippen molar-refractivity contribution in [2.45, 2.75) is 61.5 Å². The van der Waals surface area contributed by atoms with Gasteiger partial charge < -0.3 is 25.6 Å². The van der Waals surface area contributed by atoms with E-state index in [9.17, 15) is 32.3 Å². The molecule has 49 heavy (non-hydrogen) atoms. The second-order valence-corrected chi connectivity index (χ2v) is 13.0. The number of nitrogens with one attached hydrogen (secondary N) is 1. The Kier molecular flexibility index (Phi) is 7.22. The quantitative estimate of drug-likeness (QED) is 0.210. The van der Waals surface area contributed by atoms with Crippen molar-refractivity contribution in [3.8, 4) is 22.8 Å². The maximum atomic E-state index is 16.2. The number of primary amides is 1. The van der Waals surface area contributed by atoms with Gasteiger partial charge >= 0.3 is 6.18 Å². The summed E-state index contributed by atoms with van der Waals surface area (Å²) in [6.07, 6.45) is -2.13. The van der Waals surface area contributed by atoms with Crippen molar-refractivity contribution in [3.05, 3.63) is 70.5 Å². The number of aliphatic hydroxyl groups is 1. The second-order valence-electron chi connectivity index (χ2n) is 13.0. The summed E-state index contributed by atoms with van der Waals surface area (Å²) in [4.78, 5) is 30.3. The predicted octanol–water partition coefficient (Wildman–Crippen LogP) is 4.99. The van der Waals surface area contributed by atoms with Crippen LogP contribution in [-0.2, 0) is 22.0 Å². The fourth-order valence-corrected chi connectivity index (χ4v) is 6.22. The highest BCUT2D eigenvalue weighted by atomic mass is 19.4. The third-order valence-corrected chi connectivity index (χ3v) is 9.60. The molecule has 0 saturated heterocycles. The lowest BCUT2D eigenvalue weighted by Gasteiger charge is -2.33. The number of aromatic nitrogens is 3. The van der Waals surface area contributed by atoms with E-state index in [-0.39, 0.29) is 35.8 Å². The van der Waals surface area contributed by atoms with Gasteiger partial charge in [0, 0.05) is 28.3 Å². The molecule has 2 aromatic heterocycles. The van der Waals surface area contributed by atoms with Crippen LogP contribution in [0.2, 0.25) is 0 Å². The van der Waals surface area contributed by atoms with Crippen LogP contribution in [0.25, 0.3) is 22.2 Å². The number of alkyl halides is 4. The van der Waals surface area contributed by atoms with E-state index in [2.05, 4.69) is 15.4 Å². The SMILES string of the molecule is COc1cc(C(=O)NCC(O)(c2cc3c(c(-c4ccc(F)c(C(F)(F)F)c4F)n2)OC[C@]3(C)C(N)=O)C2(F)CC2)cc2cn(C3CC3)nc12. The van der Waals surface area contributed by atoms with Crippen molar-refractivity contribution < 1.29 is 50.5 Å². The van der Waals surface area contributed by atoms with E-state index in [0.717, 1.165) is 18.9 Å². The van der Waals surface area contributed by atoms with Crippen LogP contribution in [0.15, 0.2) is 36.5 Å². The molecule has 2 atom stereocenters. The lowest BCUT2D eigenvalue weighted by molar-refractivity contribution is -0.142. The van der Waals surface area contributed by atoms with E-state index in [1.165, 1.54) is 20.1 Å². The molecule has 0 spiro atoms. The number of benzene rings is 2. The number of rotatable bonds is 9. The molecule has 7 rings (SSSR count). The van der Waals surface area contributed by atoms with Gasteiger partial charge in [0.2, 0.25) is 5.91 Å². The van der Waals surface area contributed by atoms with Crippen LogP contribution in [0.3, 0.4) is 0 Å². The zero-order valence-corrected chi connectivity index (χ0v) is 26.1. The van der Waals surface area contributed by atoms with Crippen LogP contribution < -0.4 is 20.5 Å². The first-order valence-corrected chi connectivity index (χ1v) is 15.3. The van der Waals surface area contributed by atoms with E-state index < -0.39 is 82.0 Å². The molecule has 1 aliphatic heterocycles. The standard InChI is InChI=1S/C33H29F6N5O5/c1-30(29(40)46)14-49-27-19(30)11-22(42-26(27)18-5-6-20(34)23(24(18)35)33(37,38)39)32(47,31(36)7-8-31)13-41-28(45)15-9-16-12-44(17-3-4-17)43-25(16)21(10-15)48-2/h5-6,9-12,17,47H,3-4,7-8,13-14H2,1-2H3,(H2,40,46)(H,41,45)/t30-,32?/m0/s1. The van der Waals surface area contributed by atoms with Gasteiger partial charge in [-0.15, -0.1) is 0 Å². The first-order valence-electron chi connectivity index (χ1n) is 15.3. The summed E-state index contributed by atoms with van der Waals surface area (Å²) in [7, 11) is 1.41. The van der Waals surface area contributed by atoms with Crippen LogP contribution >= 0.6 is 0 Å². The number of methoxy groups -OCH3 is 1. The molecule has 16 heteroatoms. The molecule has 0 radical (unpaired) electrons. The minimum Gasteiger partial charge on any atom is -0.494 e. The molecule has 2 aliphatic carbocycles. The van der Waals surface area contributed by atoms with Gasteiger partial charge in [0.15, 0.2) is 5.60 Å². The van der Waals surface area contributed by atoms with E-state index in [0.29, 0.717) is 28.8 Å². The summed E-state index contributed by atoms with van der Waals surface area (Å²) in [5.41, 5.74) is -4.85.